The fraction of sp³-hybridized carbons (Fsp3) is 0.500. The summed E-state index contributed by atoms with van der Waals surface area (Å²) in [7, 11) is 0. The standard InChI is InChI=1S/C32H40N4O5/c1-32(2,3)41-31(37)35-14-11-27(12-15-35)40-26-7-4-23(5-8-26)24-6-9-28-29(20-24)39-22-30-33-25(21-36(28)30)10-13-34-16-18-38-19-17-34/h4-9,20-21,27H,10-19,22H2,1-3H3. The molecule has 9 heteroatoms. The van der Waals surface area contributed by atoms with Gasteiger partial charge in [-0.25, -0.2) is 9.78 Å². The molecule has 3 aliphatic rings. The molecule has 3 aromatic rings. The summed E-state index contributed by atoms with van der Waals surface area (Å²) in [6.07, 6.45) is 4.48. The van der Waals surface area contributed by atoms with Gasteiger partial charge in [-0.05, 0) is 56.2 Å². The maximum atomic E-state index is 12.3. The molecule has 2 aromatic carbocycles. The van der Waals surface area contributed by atoms with E-state index in [0.29, 0.717) is 19.7 Å². The number of aromatic nitrogens is 2. The molecule has 0 bridgehead atoms. The molecule has 3 aliphatic heterocycles. The van der Waals surface area contributed by atoms with Crippen LogP contribution >= 0.6 is 0 Å². The number of piperidine rings is 1. The van der Waals surface area contributed by atoms with Crippen LogP contribution in [0.25, 0.3) is 16.8 Å². The molecule has 0 unspecified atom stereocenters. The molecule has 218 valence electrons. The van der Waals surface area contributed by atoms with Crippen molar-refractivity contribution in [2.24, 2.45) is 0 Å². The lowest BCUT2D eigenvalue weighted by molar-refractivity contribution is 0.0126. The molecule has 9 nitrogen and oxygen atoms in total. The van der Waals surface area contributed by atoms with Crippen molar-refractivity contribution in [2.45, 2.75) is 58.3 Å². The van der Waals surface area contributed by atoms with Crippen LogP contribution in [0, 0.1) is 0 Å². The third-order valence-corrected chi connectivity index (χ3v) is 7.78. The van der Waals surface area contributed by atoms with Crippen LogP contribution in [0.1, 0.15) is 45.1 Å². The van der Waals surface area contributed by atoms with E-state index in [0.717, 1.165) is 91.9 Å². The van der Waals surface area contributed by atoms with Crippen molar-refractivity contribution in [3.63, 3.8) is 0 Å². The zero-order chi connectivity index (χ0) is 28.4. The summed E-state index contributed by atoms with van der Waals surface area (Å²) in [5.41, 5.74) is 3.84. The summed E-state index contributed by atoms with van der Waals surface area (Å²) in [6, 6.07) is 14.6. The van der Waals surface area contributed by atoms with E-state index in [1.807, 2.05) is 32.9 Å². The first-order valence-corrected chi connectivity index (χ1v) is 14.7. The Hall–Kier alpha value is -3.56. The van der Waals surface area contributed by atoms with E-state index in [1.54, 1.807) is 4.90 Å². The average Bonchev–Trinajstić information content (AvgIpc) is 3.40. The van der Waals surface area contributed by atoms with Crippen molar-refractivity contribution >= 4 is 6.09 Å². The van der Waals surface area contributed by atoms with E-state index in [9.17, 15) is 4.79 Å². The van der Waals surface area contributed by atoms with Crippen LogP contribution in [-0.4, -0.2) is 83.1 Å². The van der Waals surface area contributed by atoms with Crippen molar-refractivity contribution in [1.29, 1.82) is 0 Å². The van der Waals surface area contributed by atoms with Gasteiger partial charge in [0.05, 0.1) is 24.6 Å². The SMILES string of the molecule is CC(C)(C)OC(=O)N1CCC(Oc2ccc(-c3ccc4c(c3)OCc3nc(CCN5CCOCC5)cn3-4)cc2)CC1. The number of imidazole rings is 1. The molecule has 0 spiro atoms. The Morgan fingerprint density at radius 1 is 1.00 bits per heavy atom. The molecule has 0 N–H and O–H groups in total. The van der Waals surface area contributed by atoms with Crippen molar-refractivity contribution < 1.29 is 23.7 Å². The Labute approximate surface area is 242 Å². The van der Waals surface area contributed by atoms with Crippen LogP contribution in [0.2, 0.25) is 0 Å². The van der Waals surface area contributed by atoms with E-state index >= 15 is 0 Å². The number of likely N-dealkylation sites (tertiary alicyclic amines) is 1. The first-order valence-electron chi connectivity index (χ1n) is 14.7. The van der Waals surface area contributed by atoms with E-state index in [4.69, 9.17) is 23.9 Å². The first-order chi connectivity index (χ1) is 19.8. The molecule has 0 atom stereocenters. The Morgan fingerprint density at radius 2 is 1.73 bits per heavy atom. The molecule has 4 heterocycles. The highest BCUT2D eigenvalue weighted by molar-refractivity contribution is 5.69. The number of amides is 1. The fourth-order valence-electron chi connectivity index (χ4n) is 5.55. The van der Waals surface area contributed by atoms with Gasteiger partial charge in [0, 0.05) is 58.2 Å². The van der Waals surface area contributed by atoms with E-state index in [2.05, 4.69) is 46.0 Å². The van der Waals surface area contributed by atoms with Crippen molar-refractivity contribution in [3.8, 4) is 28.3 Å². The Kier molecular flexibility index (Phi) is 7.90. The number of hydrogen-bond donors (Lipinski definition) is 0. The molecule has 1 amide bonds. The van der Waals surface area contributed by atoms with Gasteiger partial charge < -0.3 is 23.8 Å². The smallest absolute Gasteiger partial charge is 0.410 e. The highest BCUT2D eigenvalue weighted by Gasteiger charge is 2.28. The zero-order valence-electron chi connectivity index (χ0n) is 24.3. The average molecular weight is 561 g/mol. The van der Waals surface area contributed by atoms with Gasteiger partial charge >= 0.3 is 6.09 Å². The monoisotopic (exact) mass is 560 g/mol. The van der Waals surface area contributed by atoms with Gasteiger partial charge in [0.1, 0.15) is 29.8 Å². The lowest BCUT2D eigenvalue weighted by Crippen LogP contribution is -2.44. The highest BCUT2D eigenvalue weighted by Crippen LogP contribution is 2.35. The molecule has 2 saturated heterocycles. The zero-order valence-corrected chi connectivity index (χ0v) is 24.3. The molecule has 0 aliphatic carbocycles. The lowest BCUT2D eigenvalue weighted by Gasteiger charge is -2.33. The van der Waals surface area contributed by atoms with E-state index < -0.39 is 5.60 Å². The predicted octanol–water partition coefficient (Wildman–Crippen LogP) is 5.08. The predicted molar refractivity (Wildman–Crippen MR) is 156 cm³/mol. The summed E-state index contributed by atoms with van der Waals surface area (Å²) in [6.45, 7) is 12.0. The number of hydrogen-bond acceptors (Lipinski definition) is 7. The lowest BCUT2D eigenvalue weighted by atomic mass is 10.0. The van der Waals surface area contributed by atoms with Gasteiger partial charge in [0.25, 0.3) is 0 Å². The van der Waals surface area contributed by atoms with Gasteiger partial charge in [-0.3, -0.25) is 9.47 Å². The number of nitrogens with zero attached hydrogens (tertiary/aromatic N) is 4. The maximum Gasteiger partial charge on any atom is 0.410 e. The molecule has 6 rings (SSSR count). The summed E-state index contributed by atoms with van der Waals surface area (Å²) in [4.78, 5) is 21.4. The van der Waals surface area contributed by atoms with Gasteiger partial charge in [0.15, 0.2) is 5.82 Å². The summed E-state index contributed by atoms with van der Waals surface area (Å²) < 4.78 is 25.5. The quantitative estimate of drug-likeness (QED) is 0.416. The van der Waals surface area contributed by atoms with Crippen molar-refractivity contribution in [1.82, 2.24) is 19.4 Å². The topological polar surface area (TPSA) is 78.3 Å². The van der Waals surface area contributed by atoms with Gasteiger partial charge in [-0.2, -0.15) is 0 Å². The first kappa shape index (κ1) is 27.6. The Balaban J connectivity index is 1.05. The number of morpholine rings is 1. The number of rotatable bonds is 6. The third-order valence-electron chi connectivity index (χ3n) is 7.78. The van der Waals surface area contributed by atoms with E-state index in [1.165, 1.54) is 0 Å². The second kappa shape index (κ2) is 11.7. The van der Waals surface area contributed by atoms with Crippen LogP contribution in [-0.2, 0) is 22.5 Å². The highest BCUT2D eigenvalue weighted by atomic mass is 16.6. The molecule has 0 saturated carbocycles. The number of fused-ring (bicyclic) bond motifs is 3. The van der Waals surface area contributed by atoms with Crippen LogP contribution in [0.4, 0.5) is 4.79 Å². The number of benzene rings is 2. The Bertz CT molecular complexity index is 1350. The minimum Gasteiger partial charge on any atom is -0.490 e. The minimum atomic E-state index is -0.481. The summed E-state index contributed by atoms with van der Waals surface area (Å²) in [5.74, 6) is 2.65. The molecular weight excluding hydrogens is 520 g/mol. The second-order valence-electron chi connectivity index (χ2n) is 12.0. The van der Waals surface area contributed by atoms with Gasteiger partial charge in [-0.15, -0.1) is 0 Å². The molecule has 0 radical (unpaired) electrons. The number of carbonyl (C=O) groups is 1. The van der Waals surface area contributed by atoms with Crippen LogP contribution < -0.4 is 9.47 Å². The molecule has 41 heavy (non-hydrogen) atoms. The van der Waals surface area contributed by atoms with Gasteiger partial charge in [0.2, 0.25) is 0 Å². The van der Waals surface area contributed by atoms with Gasteiger partial charge in [-0.1, -0.05) is 18.2 Å². The maximum absolute atomic E-state index is 12.3. The largest absolute Gasteiger partial charge is 0.490 e. The molecule has 2 fully saturated rings. The molecular formula is C32H40N4O5. The van der Waals surface area contributed by atoms with Crippen LogP contribution in [0.15, 0.2) is 48.7 Å². The normalized spacial score (nSPS) is 17.9. The minimum absolute atomic E-state index is 0.0832. The third kappa shape index (κ3) is 6.68. The van der Waals surface area contributed by atoms with Crippen molar-refractivity contribution in [3.05, 3.63) is 60.2 Å². The molecule has 1 aromatic heterocycles. The van der Waals surface area contributed by atoms with Crippen LogP contribution in [0.5, 0.6) is 11.5 Å². The fourth-order valence-corrected chi connectivity index (χ4v) is 5.55. The summed E-state index contributed by atoms with van der Waals surface area (Å²) in [5, 5.41) is 0. The van der Waals surface area contributed by atoms with E-state index in [-0.39, 0.29) is 12.2 Å². The van der Waals surface area contributed by atoms with Crippen LogP contribution in [0.3, 0.4) is 0 Å². The number of ether oxygens (including phenoxy) is 4. The number of carbonyl (C=O) groups excluding carboxylic acids is 1. The Morgan fingerprint density at radius 3 is 2.46 bits per heavy atom. The second-order valence-corrected chi connectivity index (χ2v) is 12.0. The summed E-state index contributed by atoms with van der Waals surface area (Å²) >= 11 is 0. The van der Waals surface area contributed by atoms with Crippen molar-refractivity contribution in [2.75, 3.05) is 45.9 Å².